The lowest BCUT2D eigenvalue weighted by molar-refractivity contribution is 0.103. The number of methoxy groups -OCH3 is 1. The largest absolute Gasteiger partial charge is 0.497 e. The first-order valence-electron chi connectivity index (χ1n) is 8.57. The van der Waals surface area contributed by atoms with Crippen LogP contribution in [0.3, 0.4) is 0 Å². The highest BCUT2D eigenvalue weighted by molar-refractivity contribution is 6.12. The van der Waals surface area contributed by atoms with Crippen LogP contribution in [0.15, 0.2) is 55.2 Å². The first kappa shape index (κ1) is 22.7. The van der Waals surface area contributed by atoms with Crippen molar-refractivity contribution in [3.63, 3.8) is 0 Å². The van der Waals surface area contributed by atoms with E-state index in [-0.39, 0.29) is 12.1 Å². The van der Waals surface area contributed by atoms with Gasteiger partial charge in [-0.2, -0.15) is 0 Å². The Bertz CT molecular complexity index is 584. The fourth-order valence-electron chi connectivity index (χ4n) is 1.68. The summed E-state index contributed by atoms with van der Waals surface area (Å²) in [6, 6.07) is 5.05. The number of rotatable bonds is 7. The van der Waals surface area contributed by atoms with E-state index in [2.05, 4.69) is 27.0 Å². The summed E-state index contributed by atoms with van der Waals surface area (Å²) in [5.41, 5.74) is 0.890. The fraction of sp³-hybridized carbons (Fsp3) is 0.381. The summed E-state index contributed by atoms with van der Waals surface area (Å²) in [5.74, 6) is 0.872. The van der Waals surface area contributed by atoms with Gasteiger partial charge < -0.3 is 14.2 Å². The molecule has 1 unspecified atom stereocenters. The van der Waals surface area contributed by atoms with Crippen molar-refractivity contribution in [3.8, 4) is 11.5 Å². The molecule has 0 amide bonds. The molecule has 1 aromatic carbocycles. The van der Waals surface area contributed by atoms with Crippen LogP contribution in [0, 0.1) is 0 Å². The molecule has 1 saturated heterocycles. The number of hydrogen-bond donors (Lipinski definition) is 0. The molecule has 0 aliphatic carbocycles. The highest BCUT2D eigenvalue weighted by Crippen LogP contribution is 2.30. The summed E-state index contributed by atoms with van der Waals surface area (Å²) >= 11 is 0. The van der Waals surface area contributed by atoms with E-state index < -0.39 is 0 Å². The van der Waals surface area contributed by atoms with Gasteiger partial charge in [-0.25, -0.2) is 0 Å². The van der Waals surface area contributed by atoms with Crippen LogP contribution in [0.25, 0.3) is 0 Å². The second kappa shape index (κ2) is 13.0. The van der Waals surface area contributed by atoms with Crippen LogP contribution in [-0.4, -0.2) is 25.8 Å². The van der Waals surface area contributed by atoms with Gasteiger partial charge in [-0.1, -0.05) is 65.5 Å². The van der Waals surface area contributed by atoms with Gasteiger partial charge in [0, 0.05) is 11.6 Å². The third-order valence-electron chi connectivity index (χ3n) is 2.77. The summed E-state index contributed by atoms with van der Waals surface area (Å²) in [4.78, 5) is 12.4. The van der Waals surface area contributed by atoms with Crippen LogP contribution in [-0.2, 0) is 4.74 Å². The van der Waals surface area contributed by atoms with Gasteiger partial charge in [-0.15, -0.1) is 0 Å². The van der Waals surface area contributed by atoms with Crippen LogP contribution < -0.4 is 9.47 Å². The molecule has 0 saturated carbocycles. The fourth-order valence-corrected chi connectivity index (χ4v) is 1.68. The van der Waals surface area contributed by atoms with Gasteiger partial charge in [0.1, 0.15) is 18.1 Å². The Labute approximate surface area is 151 Å². The number of benzene rings is 1. The van der Waals surface area contributed by atoms with Gasteiger partial charge in [0.15, 0.2) is 5.78 Å². The topological polar surface area (TPSA) is 48.1 Å². The van der Waals surface area contributed by atoms with E-state index in [1.807, 2.05) is 13.8 Å². The summed E-state index contributed by atoms with van der Waals surface area (Å²) in [7, 11) is 1.56. The summed E-state index contributed by atoms with van der Waals surface area (Å²) in [5, 5.41) is 0. The first-order valence-corrected chi connectivity index (χ1v) is 8.57. The molecule has 2 rings (SSSR count). The van der Waals surface area contributed by atoms with Crippen LogP contribution in [0.1, 0.15) is 44.5 Å². The predicted molar refractivity (Wildman–Crippen MR) is 103 cm³/mol. The maximum Gasteiger partial charge on any atom is 0.223 e. The van der Waals surface area contributed by atoms with Gasteiger partial charge >= 0.3 is 0 Å². The quantitative estimate of drug-likeness (QED) is 0.289. The second-order valence-corrected chi connectivity index (χ2v) is 4.84. The average Bonchev–Trinajstić information content (AvgIpc) is 3.45. The van der Waals surface area contributed by atoms with Crippen LogP contribution in [0.4, 0.5) is 0 Å². The number of Topliss-reactive ketones (excluding diaryl/α,β-unsaturated/α-hetero) is 1. The van der Waals surface area contributed by atoms with Gasteiger partial charge in [-0.3, -0.25) is 4.79 Å². The highest BCUT2D eigenvalue weighted by Gasteiger charge is 2.27. The lowest BCUT2D eigenvalue weighted by atomic mass is 10.0. The van der Waals surface area contributed by atoms with E-state index in [0.29, 0.717) is 29.2 Å². The molecule has 138 valence electrons. The van der Waals surface area contributed by atoms with Crippen molar-refractivity contribution in [2.24, 2.45) is 0 Å². The zero-order valence-corrected chi connectivity index (χ0v) is 16.0. The van der Waals surface area contributed by atoms with Crippen molar-refractivity contribution in [1.29, 1.82) is 0 Å². The Balaban J connectivity index is 0.00000104. The first-order chi connectivity index (χ1) is 12.1. The molecule has 0 spiro atoms. The average molecular weight is 346 g/mol. The van der Waals surface area contributed by atoms with Crippen molar-refractivity contribution >= 4 is 5.78 Å². The Morgan fingerprint density at radius 2 is 1.92 bits per heavy atom. The van der Waals surface area contributed by atoms with E-state index >= 15 is 0 Å². The summed E-state index contributed by atoms with van der Waals surface area (Å²) in [6.45, 7) is 16.0. The van der Waals surface area contributed by atoms with Gasteiger partial charge in [0.2, 0.25) is 6.29 Å². The number of carbonyl (C=O) groups is 1. The number of allylic oxidation sites excluding steroid dienone is 4. The SMILES string of the molecule is C=C/C=C(\C=C)C(=O)c1ccc(OC)cc1OC1CO1.CC.CCC. The van der Waals surface area contributed by atoms with Crippen molar-refractivity contribution in [2.45, 2.75) is 40.4 Å². The monoisotopic (exact) mass is 346 g/mol. The maximum absolute atomic E-state index is 12.4. The number of epoxide rings is 1. The molecule has 1 aliphatic rings. The van der Waals surface area contributed by atoms with Crippen molar-refractivity contribution in [2.75, 3.05) is 13.7 Å². The molecule has 0 bridgehead atoms. The van der Waals surface area contributed by atoms with E-state index in [9.17, 15) is 4.79 Å². The zero-order valence-electron chi connectivity index (χ0n) is 16.0. The molecule has 1 aliphatic heterocycles. The van der Waals surface area contributed by atoms with E-state index in [1.54, 1.807) is 37.5 Å². The van der Waals surface area contributed by atoms with E-state index in [1.165, 1.54) is 12.5 Å². The normalized spacial score (nSPS) is 14.8. The summed E-state index contributed by atoms with van der Waals surface area (Å²) in [6.07, 6.45) is 5.61. The molecule has 4 heteroatoms. The molecule has 1 fully saturated rings. The van der Waals surface area contributed by atoms with Gasteiger partial charge in [0.05, 0.1) is 12.7 Å². The number of ketones is 1. The Hall–Kier alpha value is -2.33. The summed E-state index contributed by atoms with van der Waals surface area (Å²) < 4.78 is 15.8. The molecular formula is C21H30O4. The van der Waals surface area contributed by atoms with Crippen molar-refractivity contribution in [1.82, 2.24) is 0 Å². The molecule has 1 aromatic rings. The predicted octanol–water partition coefficient (Wildman–Crippen LogP) is 5.35. The molecule has 1 atom stereocenters. The highest BCUT2D eigenvalue weighted by atomic mass is 16.8. The van der Waals surface area contributed by atoms with E-state index in [4.69, 9.17) is 14.2 Å². The second-order valence-electron chi connectivity index (χ2n) is 4.84. The van der Waals surface area contributed by atoms with Crippen LogP contribution in [0.2, 0.25) is 0 Å². The van der Waals surface area contributed by atoms with Gasteiger partial charge in [-0.05, 0) is 12.1 Å². The molecule has 0 aromatic heterocycles. The smallest absolute Gasteiger partial charge is 0.223 e. The minimum absolute atomic E-state index is 0.182. The molecule has 0 N–H and O–H groups in total. The Morgan fingerprint density at radius 3 is 2.36 bits per heavy atom. The standard InChI is InChI=1S/C16H16O4.C3H8.C2H6/c1-4-6-11(5-2)16(17)13-8-7-12(18-3)9-14(13)20-15-10-19-15;1-3-2;1-2/h4-9,15H,1-2,10H2,3H3;3H2,1-2H3;1-2H3/b11-6+;;. The number of hydrogen-bond acceptors (Lipinski definition) is 4. The van der Waals surface area contributed by atoms with Crippen molar-refractivity contribution < 1.29 is 19.0 Å². The van der Waals surface area contributed by atoms with Crippen LogP contribution >= 0.6 is 0 Å². The Morgan fingerprint density at radius 1 is 1.32 bits per heavy atom. The molecule has 1 heterocycles. The minimum Gasteiger partial charge on any atom is -0.497 e. The molecular weight excluding hydrogens is 316 g/mol. The van der Waals surface area contributed by atoms with Crippen LogP contribution in [0.5, 0.6) is 11.5 Å². The third-order valence-corrected chi connectivity index (χ3v) is 2.77. The molecule has 25 heavy (non-hydrogen) atoms. The van der Waals surface area contributed by atoms with Crippen molar-refractivity contribution in [3.05, 3.63) is 60.7 Å². The number of carbonyl (C=O) groups excluding carboxylic acids is 1. The minimum atomic E-state index is -0.288. The lowest BCUT2D eigenvalue weighted by Gasteiger charge is -2.11. The van der Waals surface area contributed by atoms with E-state index in [0.717, 1.165) is 0 Å². The van der Waals surface area contributed by atoms with Gasteiger partial charge in [0.25, 0.3) is 0 Å². The molecule has 4 nitrogen and oxygen atoms in total. The number of ether oxygens (including phenoxy) is 3. The zero-order chi connectivity index (χ0) is 19.2. The lowest BCUT2D eigenvalue weighted by Crippen LogP contribution is -2.08. The third kappa shape index (κ3) is 7.86. The maximum atomic E-state index is 12.4. The molecule has 0 radical (unpaired) electrons. The Kier molecular flexibility index (Phi) is 11.8.